The first kappa shape index (κ1) is 13.6. The number of hydrogen-bond acceptors (Lipinski definition) is 8. The Kier molecular flexibility index (Phi) is 3.62. The molecule has 112 valence electrons. The van der Waals surface area contributed by atoms with Gasteiger partial charge in [-0.05, 0) is 12.0 Å². The largest absolute Gasteiger partial charge is 0.389 e. The lowest BCUT2D eigenvalue weighted by Crippen LogP contribution is -2.44. The van der Waals surface area contributed by atoms with E-state index >= 15 is 0 Å². The minimum atomic E-state index is -0.543. The number of hydrogen-bond donors (Lipinski definition) is 1. The van der Waals surface area contributed by atoms with Crippen LogP contribution in [0.3, 0.4) is 0 Å². The number of rotatable bonds is 4. The molecule has 1 N–H and O–H groups in total. The van der Waals surface area contributed by atoms with Gasteiger partial charge in [0.1, 0.15) is 6.54 Å². The molecule has 1 unspecified atom stereocenters. The van der Waals surface area contributed by atoms with E-state index in [9.17, 15) is 10.1 Å². The SMILES string of the molecule is CN1CCNCC1c1noc(Cn2ccc([N+](=O)[O-])n2)n1. The summed E-state index contributed by atoms with van der Waals surface area (Å²) in [4.78, 5) is 16.5. The van der Waals surface area contributed by atoms with Gasteiger partial charge in [0.25, 0.3) is 5.89 Å². The van der Waals surface area contributed by atoms with Crippen LogP contribution in [0.4, 0.5) is 5.82 Å². The molecule has 1 aliphatic heterocycles. The average Bonchev–Trinajstić information content (AvgIpc) is 3.09. The summed E-state index contributed by atoms with van der Waals surface area (Å²) in [7, 11) is 2.01. The van der Waals surface area contributed by atoms with E-state index in [-0.39, 0.29) is 18.4 Å². The van der Waals surface area contributed by atoms with E-state index in [1.54, 1.807) is 0 Å². The molecular formula is C11H15N7O3. The standard InChI is InChI=1S/C11H15N7O3/c1-16-5-3-12-6-8(16)11-13-10(21-15-11)7-17-4-2-9(14-17)18(19)20/h2,4,8,12H,3,5-7H2,1H3. The minimum Gasteiger partial charge on any atom is -0.358 e. The van der Waals surface area contributed by atoms with Crippen molar-refractivity contribution in [3.05, 3.63) is 34.1 Å². The highest BCUT2D eigenvalue weighted by Gasteiger charge is 2.25. The third-order valence-corrected chi connectivity index (χ3v) is 3.40. The lowest BCUT2D eigenvalue weighted by molar-refractivity contribution is -0.389. The number of piperazine rings is 1. The third-order valence-electron chi connectivity index (χ3n) is 3.40. The number of aromatic nitrogens is 4. The lowest BCUT2D eigenvalue weighted by atomic mass is 10.2. The molecule has 1 saturated heterocycles. The summed E-state index contributed by atoms with van der Waals surface area (Å²) < 4.78 is 6.59. The molecule has 0 radical (unpaired) electrons. The first-order valence-corrected chi connectivity index (χ1v) is 6.55. The summed E-state index contributed by atoms with van der Waals surface area (Å²) in [5.74, 6) is 0.786. The summed E-state index contributed by atoms with van der Waals surface area (Å²) in [6.45, 7) is 2.84. The molecule has 10 heteroatoms. The maximum absolute atomic E-state index is 10.6. The van der Waals surface area contributed by atoms with Crippen LogP contribution < -0.4 is 5.32 Å². The van der Waals surface area contributed by atoms with Gasteiger partial charge in [0.2, 0.25) is 0 Å². The van der Waals surface area contributed by atoms with Crippen molar-refractivity contribution in [2.45, 2.75) is 12.6 Å². The van der Waals surface area contributed by atoms with E-state index in [4.69, 9.17) is 4.52 Å². The Morgan fingerprint density at radius 3 is 3.19 bits per heavy atom. The Labute approximate surface area is 119 Å². The summed E-state index contributed by atoms with van der Waals surface area (Å²) in [6.07, 6.45) is 1.51. The molecule has 2 aromatic rings. The molecule has 0 aromatic carbocycles. The predicted octanol–water partition coefficient (Wildman–Crippen LogP) is -0.201. The first-order valence-electron chi connectivity index (χ1n) is 6.55. The molecule has 10 nitrogen and oxygen atoms in total. The van der Waals surface area contributed by atoms with E-state index in [1.807, 2.05) is 7.05 Å². The Morgan fingerprint density at radius 1 is 1.62 bits per heavy atom. The molecule has 3 rings (SSSR count). The second-order valence-corrected chi connectivity index (χ2v) is 4.88. The third kappa shape index (κ3) is 2.90. The van der Waals surface area contributed by atoms with Crippen molar-refractivity contribution in [2.75, 3.05) is 26.7 Å². The van der Waals surface area contributed by atoms with Gasteiger partial charge >= 0.3 is 5.82 Å². The second kappa shape index (κ2) is 5.58. The van der Waals surface area contributed by atoms with Gasteiger partial charge in [-0.25, -0.2) is 0 Å². The number of likely N-dealkylation sites (N-methyl/N-ethyl adjacent to an activating group) is 1. The maximum Gasteiger partial charge on any atom is 0.389 e. The van der Waals surface area contributed by atoms with Crippen LogP contribution in [-0.4, -0.2) is 56.4 Å². The van der Waals surface area contributed by atoms with E-state index in [1.165, 1.54) is 16.9 Å². The molecule has 0 bridgehead atoms. The fraction of sp³-hybridized carbons (Fsp3) is 0.545. The summed E-state index contributed by atoms with van der Waals surface area (Å²) in [6, 6.07) is 1.40. The highest BCUT2D eigenvalue weighted by molar-refractivity contribution is 5.14. The molecular weight excluding hydrogens is 278 g/mol. The first-order chi connectivity index (χ1) is 10.1. The normalized spacial score (nSPS) is 19.8. The Balaban J connectivity index is 1.70. The highest BCUT2D eigenvalue weighted by Crippen LogP contribution is 2.17. The van der Waals surface area contributed by atoms with Crippen molar-refractivity contribution in [1.29, 1.82) is 0 Å². The zero-order valence-corrected chi connectivity index (χ0v) is 11.5. The minimum absolute atomic E-state index is 0.0724. The maximum atomic E-state index is 10.6. The number of nitrogens with zero attached hydrogens (tertiary/aromatic N) is 6. The lowest BCUT2D eigenvalue weighted by Gasteiger charge is -2.30. The monoisotopic (exact) mass is 293 g/mol. The summed E-state index contributed by atoms with van der Waals surface area (Å²) in [5.41, 5.74) is 0. The molecule has 21 heavy (non-hydrogen) atoms. The summed E-state index contributed by atoms with van der Waals surface area (Å²) in [5, 5.41) is 21.7. The van der Waals surface area contributed by atoms with E-state index in [0.29, 0.717) is 11.7 Å². The zero-order chi connectivity index (χ0) is 14.8. The Bertz CT molecular complexity index is 637. The number of nitrogens with one attached hydrogen (secondary N) is 1. The molecule has 3 heterocycles. The smallest absolute Gasteiger partial charge is 0.358 e. The topological polar surface area (TPSA) is 115 Å². The predicted molar refractivity (Wildman–Crippen MR) is 70.5 cm³/mol. The number of nitro groups is 1. The van der Waals surface area contributed by atoms with Crippen LogP contribution in [0.5, 0.6) is 0 Å². The zero-order valence-electron chi connectivity index (χ0n) is 11.5. The molecule has 1 fully saturated rings. The molecule has 2 aromatic heterocycles. The van der Waals surface area contributed by atoms with E-state index < -0.39 is 4.92 Å². The van der Waals surface area contributed by atoms with Crippen LogP contribution in [0.25, 0.3) is 0 Å². The van der Waals surface area contributed by atoms with Gasteiger partial charge in [-0.2, -0.15) is 9.67 Å². The Hall–Kier alpha value is -2.33. The molecule has 0 aliphatic carbocycles. The van der Waals surface area contributed by atoms with Gasteiger partial charge in [-0.3, -0.25) is 4.90 Å². The second-order valence-electron chi connectivity index (χ2n) is 4.88. The molecule has 0 amide bonds. The van der Waals surface area contributed by atoms with Gasteiger partial charge in [-0.15, -0.1) is 0 Å². The van der Waals surface area contributed by atoms with Crippen LogP contribution in [0.2, 0.25) is 0 Å². The van der Waals surface area contributed by atoms with Gasteiger partial charge in [-0.1, -0.05) is 5.16 Å². The molecule has 1 aliphatic rings. The van der Waals surface area contributed by atoms with Crippen molar-refractivity contribution in [3.8, 4) is 0 Å². The van der Waals surface area contributed by atoms with Crippen LogP contribution in [0, 0.1) is 10.1 Å². The quantitative estimate of drug-likeness (QED) is 0.608. The average molecular weight is 293 g/mol. The molecule has 1 atom stereocenters. The van der Waals surface area contributed by atoms with Gasteiger partial charge in [0.05, 0.1) is 23.4 Å². The van der Waals surface area contributed by atoms with E-state index in [0.717, 1.165) is 19.6 Å². The Morgan fingerprint density at radius 2 is 2.48 bits per heavy atom. The van der Waals surface area contributed by atoms with Crippen LogP contribution in [0.1, 0.15) is 17.8 Å². The fourth-order valence-corrected chi connectivity index (χ4v) is 2.24. The van der Waals surface area contributed by atoms with Crippen molar-refractivity contribution in [1.82, 2.24) is 30.1 Å². The van der Waals surface area contributed by atoms with Gasteiger partial charge in [0, 0.05) is 19.6 Å². The van der Waals surface area contributed by atoms with Crippen molar-refractivity contribution < 1.29 is 9.45 Å². The highest BCUT2D eigenvalue weighted by atomic mass is 16.6. The van der Waals surface area contributed by atoms with E-state index in [2.05, 4.69) is 25.5 Å². The van der Waals surface area contributed by atoms with Crippen molar-refractivity contribution in [3.63, 3.8) is 0 Å². The van der Waals surface area contributed by atoms with Crippen molar-refractivity contribution in [2.24, 2.45) is 0 Å². The van der Waals surface area contributed by atoms with Crippen LogP contribution >= 0.6 is 0 Å². The van der Waals surface area contributed by atoms with Crippen LogP contribution in [-0.2, 0) is 6.54 Å². The van der Waals surface area contributed by atoms with Crippen molar-refractivity contribution >= 4 is 5.82 Å². The molecule has 0 saturated carbocycles. The molecule has 0 spiro atoms. The van der Waals surface area contributed by atoms with Crippen LogP contribution in [0.15, 0.2) is 16.8 Å². The fourth-order valence-electron chi connectivity index (χ4n) is 2.24. The van der Waals surface area contributed by atoms with Gasteiger partial charge < -0.3 is 20.0 Å². The van der Waals surface area contributed by atoms with Gasteiger partial charge in [0.15, 0.2) is 5.82 Å². The summed E-state index contributed by atoms with van der Waals surface area (Å²) >= 11 is 0.